The zero-order chi connectivity index (χ0) is 11.5. The summed E-state index contributed by atoms with van der Waals surface area (Å²) in [4.78, 5) is 4.39. The van der Waals surface area contributed by atoms with Crippen LogP contribution in [0.2, 0.25) is 0 Å². The first kappa shape index (κ1) is 11.4. The molecule has 1 aromatic carbocycles. The summed E-state index contributed by atoms with van der Waals surface area (Å²) >= 11 is 3.50. The first-order valence-corrected chi connectivity index (χ1v) is 5.85. The van der Waals surface area contributed by atoms with Gasteiger partial charge in [-0.15, -0.1) is 0 Å². The second kappa shape index (κ2) is 4.80. The van der Waals surface area contributed by atoms with Crippen LogP contribution < -0.4 is 5.32 Å². The summed E-state index contributed by atoms with van der Waals surface area (Å²) in [6.07, 6.45) is 1.68. The molecule has 0 saturated carbocycles. The Balaban J connectivity index is 2.31. The number of aromatic nitrogens is 1. The zero-order valence-electron chi connectivity index (χ0n) is 9.25. The van der Waals surface area contributed by atoms with Crippen molar-refractivity contribution in [3.63, 3.8) is 0 Å². The molecule has 16 heavy (non-hydrogen) atoms. The van der Waals surface area contributed by atoms with Gasteiger partial charge in [-0.1, -0.05) is 22.0 Å². The molecule has 0 bridgehead atoms. The van der Waals surface area contributed by atoms with E-state index in [9.17, 15) is 0 Å². The van der Waals surface area contributed by atoms with Gasteiger partial charge < -0.3 is 9.73 Å². The van der Waals surface area contributed by atoms with Gasteiger partial charge in [0.1, 0.15) is 6.26 Å². The summed E-state index contributed by atoms with van der Waals surface area (Å²) in [5.41, 5.74) is 3.10. The maximum atomic E-state index is 5.43. The van der Waals surface area contributed by atoms with Crippen molar-refractivity contribution in [2.45, 2.75) is 13.5 Å². The minimum absolute atomic E-state index is 0.658. The van der Waals surface area contributed by atoms with Gasteiger partial charge in [-0.05, 0) is 31.7 Å². The van der Waals surface area contributed by atoms with Crippen molar-refractivity contribution in [3.8, 4) is 11.5 Å². The molecule has 0 saturated heterocycles. The van der Waals surface area contributed by atoms with E-state index in [2.05, 4.69) is 33.2 Å². The Morgan fingerprint density at radius 1 is 1.44 bits per heavy atom. The molecular formula is C12H13BrN2O. The van der Waals surface area contributed by atoms with Crippen LogP contribution in [0.1, 0.15) is 11.3 Å². The van der Waals surface area contributed by atoms with E-state index in [-0.39, 0.29) is 0 Å². The van der Waals surface area contributed by atoms with E-state index in [1.54, 1.807) is 6.26 Å². The minimum atomic E-state index is 0.658. The molecule has 2 aromatic rings. The minimum Gasteiger partial charge on any atom is -0.444 e. The molecule has 0 unspecified atom stereocenters. The van der Waals surface area contributed by atoms with Crippen LogP contribution in [0.25, 0.3) is 11.5 Å². The van der Waals surface area contributed by atoms with Crippen molar-refractivity contribution in [3.05, 3.63) is 40.2 Å². The summed E-state index contributed by atoms with van der Waals surface area (Å²) in [6, 6.07) is 6.07. The van der Waals surface area contributed by atoms with Gasteiger partial charge in [-0.25, -0.2) is 4.98 Å². The number of benzene rings is 1. The van der Waals surface area contributed by atoms with E-state index in [1.165, 1.54) is 5.56 Å². The van der Waals surface area contributed by atoms with Gasteiger partial charge in [0.15, 0.2) is 0 Å². The number of hydrogen-bond donors (Lipinski definition) is 1. The number of hydrogen-bond acceptors (Lipinski definition) is 3. The van der Waals surface area contributed by atoms with Gasteiger partial charge in [0.2, 0.25) is 5.89 Å². The number of oxazole rings is 1. The van der Waals surface area contributed by atoms with Gasteiger partial charge in [-0.3, -0.25) is 0 Å². The molecule has 0 fully saturated rings. The lowest BCUT2D eigenvalue weighted by Gasteiger charge is -1.99. The molecule has 0 spiro atoms. The molecule has 0 aliphatic carbocycles. The maximum absolute atomic E-state index is 5.43. The van der Waals surface area contributed by atoms with Gasteiger partial charge in [0.25, 0.3) is 0 Å². The Kier molecular flexibility index (Phi) is 3.41. The van der Waals surface area contributed by atoms with Crippen molar-refractivity contribution in [1.82, 2.24) is 10.3 Å². The first-order valence-electron chi connectivity index (χ1n) is 5.06. The van der Waals surface area contributed by atoms with Crippen LogP contribution in [0, 0.1) is 6.92 Å². The third kappa shape index (κ3) is 2.33. The number of rotatable bonds is 3. The Labute approximate surface area is 103 Å². The lowest BCUT2D eigenvalue weighted by atomic mass is 10.1. The van der Waals surface area contributed by atoms with E-state index in [0.717, 1.165) is 22.3 Å². The SMILES string of the molecule is CNCc1coc(-c2ccc(C)c(Br)c2)n1. The van der Waals surface area contributed by atoms with Crippen molar-refractivity contribution in [1.29, 1.82) is 0 Å². The summed E-state index contributed by atoms with van der Waals surface area (Å²) < 4.78 is 6.49. The van der Waals surface area contributed by atoms with E-state index in [0.29, 0.717) is 5.89 Å². The Morgan fingerprint density at radius 2 is 2.25 bits per heavy atom. The monoisotopic (exact) mass is 280 g/mol. The number of halogens is 1. The van der Waals surface area contributed by atoms with Gasteiger partial charge in [-0.2, -0.15) is 0 Å². The molecule has 84 valence electrons. The fourth-order valence-corrected chi connectivity index (χ4v) is 1.81. The first-order chi connectivity index (χ1) is 7.70. The van der Waals surface area contributed by atoms with E-state index in [4.69, 9.17) is 4.42 Å². The quantitative estimate of drug-likeness (QED) is 0.939. The van der Waals surface area contributed by atoms with E-state index < -0.39 is 0 Å². The highest BCUT2D eigenvalue weighted by molar-refractivity contribution is 9.10. The molecule has 2 rings (SSSR count). The predicted molar refractivity (Wildman–Crippen MR) is 67.1 cm³/mol. The van der Waals surface area contributed by atoms with Crippen LogP contribution in [-0.4, -0.2) is 12.0 Å². The average Bonchev–Trinajstić information content (AvgIpc) is 2.71. The second-order valence-electron chi connectivity index (χ2n) is 3.64. The summed E-state index contributed by atoms with van der Waals surface area (Å²) in [5, 5.41) is 3.04. The molecule has 0 radical (unpaired) electrons. The van der Waals surface area contributed by atoms with Crippen molar-refractivity contribution in [2.75, 3.05) is 7.05 Å². The molecule has 0 aliphatic rings. The molecule has 0 aliphatic heterocycles. The number of nitrogens with zero attached hydrogens (tertiary/aromatic N) is 1. The highest BCUT2D eigenvalue weighted by Gasteiger charge is 2.07. The van der Waals surface area contributed by atoms with Crippen LogP contribution >= 0.6 is 15.9 Å². The smallest absolute Gasteiger partial charge is 0.226 e. The third-order valence-electron chi connectivity index (χ3n) is 2.33. The molecule has 0 atom stereocenters. The van der Waals surface area contributed by atoms with Gasteiger partial charge in [0.05, 0.1) is 5.69 Å². The molecule has 0 amide bonds. The molecular weight excluding hydrogens is 268 g/mol. The Bertz CT molecular complexity index is 494. The Hall–Kier alpha value is -1.13. The van der Waals surface area contributed by atoms with E-state index >= 15 is 0 Å². The topological polar surface area (TPSA) is 38.1 Å². The highest BCUT2D eigenvalue weighted by atomic mass is 79.9. The van der Waals surface area contributed by atoms with Crippen LogP contribution in [0.4, 0.5) is 0 Å². The zero-order valence-corrected chi connectivity index (χ0v) is 10.8. The van der Waals surface area contributed by atoms with Gasteiger partial charge >= 0.3 is 0 Å². The maximum Gasteiger partial charge on any atom is 0.226 e. The molecule has 4 heteroatoms. The highest BCUT2D eigenvalue weighted by Crippen LogP contribution is 2.25. The largest absolute Gasteiger partial charge is 0.444 e. The lowest BCUT2D eigenvalue weighted by Crippen LogP contribution is -2.04. The van der Waals surface area contributed by atoms with Crippen molar-refractivity contribution >= 4 is 15.9 Å². The lowest BCUT2D eigenvalue weighted by molar-refractivity contribution is 0.571. The third-order valence-corrected chi connectivity index (χ3v) is 3.18. The standard InChI is InChI=1S/C12H13BrN2O/c1-8-3-4-9(5-11(8)13)12-15-10(6-14-2)7-16-12/h3-5,7,14H,6H2,1-2H3. The molecule has 1 N–H and O–H groups in total. The molecule has 1 heterocycles. The normalized spacial score (nSPS) is 10.7. The number of nitrogens with one attached hydrogen (secondary N) is 1. The van der Waals surface area contributed by atoms with Crippen LogP contribution in [0.3, 0.4) is 0 Å². The molecule has 1 aromatic heterocycles. The summed E-state index contributed by atoms with van der Waals surface area (Å²) in [5.74, 6) is 0.658. The van der Waals surface area contributed by atoms with Crippen molar-refractivity contribution in [2.24, 2.45) is 0 Å². The fraction of sp³-hybridized carbons (Fsp3) is 0.250. The number of aryl methyl sites for hydroxylation is 1. The predicted octanol–water partition coefficient (Wildman–Crippen LogP) is 3.13. The molecule has 3 nitrogen and oxygen atoms in total. The van der Waals surface area contributed by atoms with Crippen LogP contribution in [0.15, 0.2) is 33.4 Å². The van der Waals surface area contributed by atoms with Crippen molar-refractivity contribution < 1.29 is 4.42 Å². The van der Waals surface area contributed by atoms with E-state index in [1.807, 2.05) is 25.2 Å². The van der Waals surface area contributed by atoms with Crippen LogP contribution in [0.5, 0.6) is 0 Å². The fourth-order valence-electron chi connectivity index (χ4n) is 1.43. The second-order valence-corrected chi connectivity index (χ2v) is 4.49. The van der Waals surface area contributed by atoms with Crippen LogP contribution in [-0.2, 0) is 6.54 Å². The Morgan fingerprint density at radius 3 is 2.94 bits per heavy atom. The average molecular weight is 281 g/mol. The van der Waals surface area contributed by atoms with Gasteiger partial charge in [0, 0.05) is 16.6 Å². The summed E-state index contributed by atoms with van der Waals surface area (Å²) in [6.45, 7) is 2.77. The summed E-state index contributed by atoms with van der Waals surface area (Å²) in [7, 11) is 1.89.